The van der Waals surface area contributed by atoms with E-state index < -0.39 is 23.7 Å². The Kier molecular flexibility index (Phi) is 7.74. The zero-order valence-electron chi connectivity index (χ0n) is 22.5. The topological polar surface area (TPSA) is 141 Å². The fourth-order valence-electron chi connectivity index (χ4n) is 4.38. The van der Waals surface area contributed by atoms with Gasteiger partial charge in [-0.05, 0) is 81.7 Å². The van der Waals surface area contributed by atoms with Crippen LogP contribution in [0.25, 0.3) is 11.0 Å². The van der Waals surface area contributed by atoms with Gasteiger partial charge in [-0.15, -0.1) is 10.2 Å². The number of unbranched alkanes of at least 4 members (excludes halogenated alkanes) is 1. The van der Waals surface area contributed by atoms with Crippen LogP contribution in [0.2, 0.25) is 0 Å². The summed E-state index contributed by atoms with van der Waals surface area (Å²) in [6, 6.07) is 7.14. The fourth-order valence-corrected chi connectivity index (χ4v) is 4.38. The largest absolute Gasteiger partial charge is 0.490 e. The second-order valence-electron chi connectivity index (χ2n) is 10.6. The van der Waals surface area contributed by atoms with Gasteiger partial charge in [-0.2, -0.15) is 18.3 Å². The van der Waals surface area contributed by atoms with Crippen molar-refractivity contribution < 1.29 is 27.5 Å². The van der Waals surface area contributed by atoms with Crippen LogP contribution in [0.3, 0.4) is 0 Å². The van der Waals surface area contributed by atoms with Gasteiger partial charge >= 0.3 is 12.1 Å². The standard InChI is InChI=1S/C27H29F3N8O3/c1-26(2,41-25(40)27(28,29)30)18-8-9-31-20(13-18)14-32-24(39)22-15-38(37-35-22)10-4-3-5-19-11-17-12-21(16-6-7-16)33-23(17)36-34-19/h8-9,11-13,15-16H,3-7,10,14H2,1-2H3,(H,32,39)(H,33,36). The van der Waals surface area contributed by atoms with Crippen molar-refractivity contribution in [3.05, 3.63) is 65.0 Å². The maximum Gasteiger partial charge on any atom is 0.490 e. The van der Waals surface area contributed by atoms with Crippen molar-refractivity contribution in [3.63, 3.8) is 0 Å². The number of fused-ring (bicyclic) bond motifs is 1. The first-order valence-electron chi connectivity index (χ1n) is 13.3. The quantitative estimate of drug-likeness (QED) is 0.203. The summed E-state index contributed by atoms with van der Waals surface area (Å²) in [5.41, 5.74) is 2.21. The Bertz CT molecular complexity index is 1560. The first-order chi connectivity index (χ1) is 19.5. The SMILES string of the molecule is CC(C)(OC(=O)C(F)(F)F)c1ccnc(CNC(=O)c2cn(CCCCc3cc4cc(C5CC5)[nH]c4nn3)nn2)c1. The summed E-state index contributed by atoms with van der Waals surface area (Å²) in [6.45, 7) is 3.23. The molecule has 2 N–H and O–H groups in total. The Labute approximate surface area is 232 Å². The summed E-state index contributed by atoms with van der Waals surface area (Å²) in [5, 5.41) is 20.3. The number of rotatable bonds is 11. The van der Waals surface area contributed by atoms with Gasteiger partial charge in [0.25, 0.3) is 5.91 Å². The third-order valence-corrected chi connectivity index (χ3v) is 6.83. The summed E-state index contributed by atoms with van der Waals surface area (Å²) in [6.07, 6.45) is 2.68. The van der Waals surface area contributed by atoms with Crippen molar-refractivity contribution in [2.45, 2.75) is 76.7 Å². The second-order valence-corrected chi connectivity index (χ2v) is 10.6. The van der Waals surface area contributed by atoms with Gasteiger partial charge in [-0.25, -0.2) is 4.79 Å². The number of H-pyrrole nitrogens is 1. The number of ether oxygens (including phenoxy) is 1. The summed E-state index contributed by atoms with van der Waals surface area (Å²) in [7, 11) is 0. The molecule has 1 amide bonds. The van der Waals surface area contributed by atoms with Crippen LogP contribution in [0.5, 0.6) is 0 Å². The zero-order valence-corrected chi connectivity index (χ0v) is 22.5. The number of esters is 1. The number of nitrogens with one attached hydrogen (secondary N) is 2. The molecule has 41 heavy (non-hydrogen) atoms. The number of carbonyl (C=O) groups excluding carboxylic acids is 2. The Morgan fingerprint density at radius 2 is 1.90 bits per heavy atom. The van der Waals surface area contributed by atoms with Gasteiger partial charge in [0.1, 0.15) is 5.60 Å². The number of nitrogens with zero attached hydrogens (tertiary/aromatic N) is 6. The van der Waals surface area contributed by atoms with Crippen molar-refractivity contribution in [2.75, 3.05) is 0 Å². The molecular weight excluding hydrogens is 541 g/mol. The van der Waals surface area contributed by atoms with E-state index in [0.717, 1.165) is 36.0 Å². The van der Waals surface area contributed by atoms with Crippen LogP contribution in [0, 0.1) is 0 Å². The normalized spacial score (nSPS) is 13.9. The van der Waals surface area contributed by atoms with Crippen LogP contribution >= 0.6 is 0 Å². The highest BCUT2D eigenvalue weighted by Crippen LogP contribution is 2.40. The van der Waals surface area contributed by atoms with E-state index in [0.29, 0.717) is 23.7 Å². The van der Waals surface area contributed by atoms with Crippen LogP contribution in [0.1, 0.15) is 78.6 Å². The van der Waals surface area contributed by atoms with E-state index in [1.807, 2.05) is 0 Å². The van der Waals surface area contributed by atoms with E-state index in [4.69, 9.17) is 0 Å². The molecule has 11 nitrogen and oxygen atoms in total. The predicted molar refractivity (Wildman–Crippen MR) is 139 cm³/mol. The predicted octanol–water partition coefficient (Wildman–Crippen LogP) is 4.12. The zero-order chi connectivity index (χ0) is 29.2. The first-order valence-corrected chi connectivity index (χ1v) is 13.3. The third kappa shape index (κ3) is 7.05. The molecule has 0 radical (unpaired) electrons. The molecule has 0 aliphatic heterocycles. The molecule has 4 aromatic rings. The molecule has 4 heterocycles. The molecule has 0 unspecified atom stereocenters. The van der Waals surface area contributed by atoms with Gasteiger partial charge in [0, 0.05) is 23.8 Å². The molecule has 0 atom stereocenters. The highest BCUT2D eigenvalue weighted by Gasteiger charge is 2.44. The Morgan fingerprint density at radius 3 is 2.66 bits per heavy atom. The van der Waals surface area contributed by atoms with Crippen molar-refractivity contribution >= 4 is 22.9 Å². The Morgan fingerprint density at radius 1 is 1.10 bits per heavy atom. The number of alkyl halides is 3. The lowest BCUT2D eigenvalue weighted by atomic mass is 9.98. The van der Waals surface area contributed by atoms with Crippen molar-refractivity contribution in [2.24, 2.45) is 0 Å². The van der Waals surface area contributed by atoms with E-state index in [2.05, 4.69) is 52.7 Å². The third-order valence-electron chi connectivity index (χ3n) is 6.83. The smallest absolute Gasteiger partial charge is 0.448 e. The number of halogens is 3. The number of aromatic amines is 1. The molecule has 1 saturated carbocycles. The molecule has 0 spiro atoms. The summed E-state index contributed by atoms with van der Waals surface area (Å²) in [5.74, 6) is -2.14. The minimum absolute atomic E-state index is 0.0164. The van der Waals surface area contributed by atoms with E-state index in [1.54, 1.807) is 10.9 Å². The molecule has 5 rings (SSSR count). The maximum atomic E-state index is 12.6. The van der Waals surface area contributed by atoms with Gasteiger partial charge in [-0.3, -0.25) is 14.5 Å². The van der Waals surface area contributed by atoms with Gasteiger partial charge in [0.05, 0.1) is 24.1 Å². The van der Waals surface area contributed by atoms with Crippen molar-refractivity contribution in [3.8, 4) is 0 Å². The number of hydrogen-bond acceptors (Lipinski definition) is 8. The molecule has 14 heteroatoms. The van der Waals surface area contributed by atoms with Gasteiger partial charge in [0.15, 0.2) is 11.3 Å². The number of pyridine rings is 1. The van der Waals surface area contributed by atoms with Gasteiger partial charge < -0.3 is 15.0 Å². The molecular formula is C27H29F3N8O3. The maximum absolute atomic E-state index is 12.6. The minimum atomic E-state index is -5.11. The van der Waals surface area contributed by atoms with Crippen molar-refractivity contribution in [1.82, 2.24) is 40.5 Å². The molecule has 4 aromatic heterocycles. The van der Waals surface area contributed by atoms with Crippen molar-refractivity contribution in [1.29, 1.82) is 0 Å². The lowest BCUT2D eigenvalue weighted by molar-refractivity contribution is -0.212. The number of aryl methyl sites for hydroxylation is 2. The average molecular weight is 571 g/mol. The highest BCUT2D eigenvalue weighted by molar-refractivity contribution is 5.91. The van der Waals surface area contributed by atoms with E-state index >= 15 is 0 Å². The second kappa shape index (κ2) is 11.3. The minimum Gasteiger partial charge on any atom is -0.448 e. The molecule has 216 valence electrons. The highest BCUT2D eigenvalue weighted by atomic mass is 19.4. The Balaban J connectivity index is 1.08. The van der Waals surface area contributed by atoms with Gasteiger partial charge in [0.2, 0.25) is 0 Å². The molecule has 0 aromatic carbocycles. The molecule has 0 saturated heterocycles. The molecule has 1 aliphatic carbocycles. The average Bonchev–Trinajstić information content (AvgIpc) is 3.52. The number of hydrogen-bond donors (Lipinski definition) is 2. The molecule has 1 fully saturated rings. The Hall–Kier alpha value is -4.36. The van der Waals surface area contributed by atoms with Crippen LogP contribution in [0.4, 0.5) is 13.2 Å². The molecule has 1 aliphatic rings. The van der Waals surface area contributed by atoms with Gasteiger partial charge in [-0.1, -0.05) is 5.21 Å². The lowest BCUT2D eigenvalue weighted by Crippen LogP contribution is -2.34. The van der Waals surface area contributed by atoms with E-state index in [1.165, 1.54) is 50.7 Å². The number of carbonyl (C=O) groups is 2. The van der Waals surface area contributed by atoms with Crippen LogP contribution in [-0.2, 0) is 34.6 Å². The van der Waals surface area contributed by atoms with Crippen LogP contribution < -0.4 is 5.32 Å². The molecule has 0 bridgehead atoms. The number of amides is 1. The number of aromatic nitrogens is 7. The van der Waals surface area contributed by atoms with Crippen LogP contribution in [-0.4, -0.2) is 53.2 Å². The monoisotopic (exact) mass is 570 g/mol. The van der Waals surface area contributed by atoms with E-state index in [9.17, 15) is 22.8 Å². The summed E-state index contributed by atoms with van der Waals surface area (Å²) < 4.78 is 44.1. The lowest BCUT2D eigenvalue weighted by Gasteiger charge is -2.26. The van der Waals surface area contributed by atoms with Crippen LogP contribution in [0.15, 0.2) is 36.7 Å². The first kappa shape index (κ1) is 28.2. The summed E-state index contributed by atoms with van der Waals surface area (Å²) in [4.78, 5) is 31.3. The summed E-state index contributed by atoms with van der Waals surface area (Å²) >= 11 is 0. The fraction of sp³-hybridized carbons (Fsp3) is 0.444. The van der Waals surface area contributed by atoms with E-state index in [-0.39, 0.29) is 12.2 Å².